The molecule has 2 saturated carbocycles. The Morgan fingerprint density at radius 2 is 1.61 bits per heavy atom. The van der Waals surface area contributed by atoms with E-state index < -0.39 is 8.80 Å². The quantitative estimate of drug-likeness (QED) is 0.662. The fourth-order valence-electron chi connectivity index (χ4n) is 4.19. The summed E-state index contributed by atoms with van der Waals surface area (Å²) < 4.78 is 16.6. The number of rotatable bonds is 8. The summed E-state index contributed by atoms with van der Waals surface area (Å²) in [4.78, 5) is 0. The van der Waals surface area contributed by atoms with Gasteiger partial charge in [-0.15, -0.1) is 0 Å². The zero-order chi connectivity index (χ0) is 16.7. The molecule has 2 N–H and O–H groups in total. The Hall–Kier alpha value is 0.0169. The number of aliphatic hydroxyl groups is 1. The van der Waals surface area contributed by atoms with Crippen LogP contribution >= 0.6 is 0 Å². The molecule has 0 aromatic heterocycles. The predicted molar refractivity (Wildman–Crippen MR) is 93.3 cm³/mol. The predicted octanol–water partition coefficient (Wildman–Crippen LogP) is 2.71. The van der Waals surface area contributed by atoms with Gasteiger partial charge in [0, 0.05) is 39.5 Å². The number of hydrogen-bond donors (Lipinski definition) is 2. The van der Waals surface area contributed by atoms with Crippen LogP contribution in [0.25, 0.3) is 0 Å². The van der Waals surface area contributed by atoms with Gasteiger partial charge in [0.25, 0.3) is 0 Å². The molecule has 136 valence electrons. The maximum absolute atomic E-state index is 10.4. The highest BCUT2D eigenvalue weighted by Gasteiger charge is 2.39. The number of nitrogens with one attached hydrogen (secondary N) is 1. The highest BCUT2D eigenvalue weighted by Crippen LogP contribution is 2.32. The molecule has 0 radical (unpaired) electrons. The van der Waals surface area contributed by atoms with Gasteiger partial charge in [0.05, 0.1) is 6.10 Å². The van der Waals surface area contributed by atoms with Crippen LogP contribution < -0.4 is 5.32 Å². The zero-order valence-electron chi connectivity index (χ0n) is 15.1. The average Bonchev–Trinajstić information content (AvgIpc) is 2.60. The van der Waals surface area contributed by atoms with Crippen molar-refractivity contribution in [3.8, 4) is 0 Å². The Kier molecular flexibility index (Phi) is 7.98. The maximum Gasteiger partial charge on any atom is 0.500 e. The second-order valence-electron chi connectivity index (χ2n) is 7.19. The first-order chi connectivity index (χ1) is 11.1. The van der Waals surface area contributed by atoms with E-state index in [4.69, 9.17) is 13.3 Å². The van der Waals surface area contributed by atoms with E-state index in [2.05, 4.69) is 5.32 Å². The zero-order valence-corrected chi connectivity index (χ0v) is 16.1. The lowest BCUT2D eigenvalue weighted by Gasteiger charge is -2.38. The van der Waals surface area contributed by atoms with Gasteiger partial charge >= 0.3 is 8.80 Å². The van der Waals surface area contributed by atoms with Gasteiger partial charge < -0.3 is 23.7 Å². The van der Waals surface area contributed by atoms with E-state index in [1.807, 2.05) is 0 Å². The molecule has 2 aliphatic rings. The molecule has 3 unspecified atom stereocenters. The van der Waals surface area contributed by atoms with Crippen LogP contribution in [0.2, 0.25) is 6.04 Å². The first-order valence-corrected chi connectivity index (χ1v) is 11.1. The van der Waals surface area contributed by atoms with Crippen LogP contribution in [0.4, 0.5) is 0 Å². The molecule has 0 aromatic rings. The fraction of sp³-hybridized carbons (Fsp3) is 1.00. The summed E-state index contributed by atoms with van der Waals surface area (Å²) in [6.45, 7) is 0. The van der Waals surface area contributed by atoms with Crippen molar-refractivity contribution >= 4 is 8.80 Å². The van der Waals surface area contributed by atoms with E-state index in [0.717, 1.165) is 31.7 Å². The van der Waals surface area contributed by atoms with Gasteiger partial charge in [0.1, 0.15) is 0 Å². The molecule has 0 spiro atoms. The van der Waals surface area contributed by atoms with Gasteiger partial charge in [-0.25, -0.2) is 0 Å². The minimum Gasteiger partial charge on any atom is -0.392 e. The van der Waals surface area contributed by atoms with Gasteiger partial charge in [-0.1, -0.05) is 19.3 Å². The van der Waals surface area contributed by atoms with E-state index in [1.54, 1.807) is 21.3 Å². The monoisotopic (exact) mass is 345 g/mol. The molecule has 5 nitrogen and oxygen atoms in total. The molecule has 23 heavy (non-hydrogen) atoms. The molecule has 6 heteroatoms. The Balaban J connectivity index is 1.81. The van der Waals surface area contributed by atoms with Crippen LogP contribution in [0.5, 0.6) is 0 Å². The van der Waals surface area contributed by atoms with Crippen molar-refractivity contribution in [1.29, 1.82) is 0 Å². The second kappa shape index (κ2) is 9.49. The van der Waals surface area contributed by atoms with Gasteiger partial charge in [-0.2, -0.15) is 0 Å². The largest absolute Gasteiger partial charge is 0.500 e. The van der Waals surface area contributed by atoms with Crippen LogP contribution in [0.15, 0.2) is 0 Å². The first kappa shape index (κ1) is 19.3. The topological polar surface area (TPSA) is 60.0 Å². The van der Waals surface area contributed by atoms with E-state index >= 15 is 0 Å². The van der Waals surface area contributed by atoms with Crippen molar-refractivity contribution in [1.82, 2.24) is 5.32 Å². The van der Waals surface area contributed by atoms with Crippen molar-refractivity contribution in [2.75, 3.05) is 21.3 Å². The molecule has 2 aliphatic carbocycles. The normalized spacial score (nSPS) is 30.5. The van der Waals surface area contributed by atoms with Gasteiger partial charge in [-0.3, -0.25) is 0 Å². The Bertz CT molecular complexity index is 326. The molecule has 0 aliphatic heterocycles. The minimum absolute atomic E-state index is 0.192. The summed E-state index contributed by atoms with van der Waals surface area (Å²) in [6.07, 6.45) is 10.5. The summed E-state index contributed by atoms with van der Waals surface area (Å²) in [5, 5.41) is 14.1. The summed E-state index contributed by atoms with van der Waals surface area (Å²) in [5.41, 5.74) is 0. The Labute approximate surface area is 142 Å². The molecule has 0 amide bonds. The highest BCUT2D eigenvalue weighted by atomic mass is 28.4. The van der Waals surface area contributed by atoms with Crippen LogP contribution in [0.3, 0.4) is 0 Å². The van der Waals surface area contributed by atoms with E-state index in [9.17, 15) is 5.11 Å². The van der Waals surface area contributed by atoms with Crippen LogP contribution in [0, 0.1) is 5.92 Å². The van der Waals surface area contributed by atoms with E-state index in [0.29, 0.717) is 12.0 Å². The number of hydrogen-bond acceptors (Lipinski definition) is 5. The highest BCUT2D eigenvalue weighted by molar-refractivity contribution is 6.60. The third-order valence-electron chi connectivity index (χ3n) is 5.77. The average molecular weight is 346 g/mol. The third kappa shape index (κ3) is 5.51. The molecule has 2 rings (SSSR count). The third-order valence-corrected chi connectivity index (χ3v) is 8.54. The standard InChI is InChI=1S/C17H35NO4Si/c1-20-23(21-2,22-3)12-11-14-9-10-17(19)16(13-14)18-15-7-5-4-6-8-15/h14-19H,4-13H2,1-3H3. The van der Waals surface area contributed by atoms with Gasteiger partial charge in [0.15, 0.2) is 0 Å². The SMILES string of the molecule is CO[Si](CCC1CCC(O)C(NC2CCCCC2)C1)(OC)OC. The van der Waals surface area contributed by atoms with Crippen molar-refractivity contribution < 1.29 is 18.4 Å². The molecule has 2 fully saturated rings. The first-order valence-electron chi connectivity index (χ1n) is 9.22. The summed E-state index contributed by atoms with van der Waals surface area (Å²) in [5.74, 6) is 0.617. The molecule has 0 bridgehead atoms. The molecular formula is C17H35NO4Si. The smallest absolute Gasteiger partial charge is 0.392 e. The van der Waals surface area contributed by atoms with Gasteiger partial charge in [0.2, 0.25) is 0 Å². The summed E-state index contributed by atoms with van der Waals surface area (Å²) in [6, 6.07) is 1.71. The summed E-state index contributed by atoms with van der Waals surface area (Å²) >= 11 is 0. The fourth-order valence-corrected chi connectivity index (χ4v) is 6.07. The lowest BCUT2D eigenvalue weighted by Crippen LogP contribution is -2.49. The van der Waals surface area contributed by atoms with Crippen molar-refractivity contribution in [3.63, 3.8) is 0 Å². The van der Waals surface area contributed by atoms with Crippen molar-refractivity contribution in [3.05, 3.63) is 0 Å². The maximum atomic E-state index is 10.4. The minimum atomic E-state index is -2.47. The van der Waals surface area contributed by atoms with Crippen molar-refractivity contribution in [2.24, 2.45) is 5.92 Å². The second-order valence-corrected chi connectivity index (χ2v) is 10.3. The molecular weight excluding hydrogens is 310 g/mol. The summed E-state index contributed by atoms with van der Waals surface area (Å²) in [7, 11) is 2.57. The Morgan fingerprint density at radius 3 is 2.22 bits per heavy atom. The van der Waals surface area contributed by atoms with Crippen LogP contribution in [-0.4, -0.2) is 53.4 Å². The molecule has 0 saturated heterocycles. The van der Waals surface area contributed by atoms with Gasteiger partial charge in [-0.05, 0) is 44.4 Å². The molecule has 0 aromatic carbocycles. The number of aliphatic hydroxyl groups excluding tert-OH is 1. The van der Waals surface area contributed by atoms with E-state index in [1.165, 1.54) is 32.1 Å². The van der Waals surface area contributed by atoms with E-state index in [-0.39, 0.29) is 12.1 Å². The lowest BCUT2D eigenvalue weighted by molar-refractivity contribution is 0.0582. The molecule has 3 atom stereocenters. The van der Waals surface area contributed by atoms with Crippen LogP contribution in [0.1, 0.15) is 57.8 Å². The van der Waals surface area contributed by atoms with Crippen LogP contribution in [-0.2, 0) is 13.3 Å². The molecule has 0 heterocycles. The lowest BCUT2D eigenvalue weighted by atomic mass is 9.81. The Morgan fingerprint density at radius 1 is 0.957 bits per heavy atom. The van der Waals surface area contributed by atoms with Crippen molar-refractivity contribution in [2.45, 2.75) is 82.0 Å².